The molecule has 3 heterocycles. The minimum absolute atomic E-state index is 0.0215. The number of hydrogen-bond acceptors (Lipinski definition) is 19. The van der Waals surface area contributed by atoms with Crippen molar-refractivity contribution in [1.29, 1.82) is 0 Å². The Balaban J connectivity index is 0.815. The summed E-state index contributed by atoms with van der Waals surface area (Å²) < 4.78 is 62.7. The summed E-state index contributed by atoms with van der Waals surface area (Å²) >= 11 is 1.14. The fourth-order valence-electron chi connectivity index (χ4n) is 11.5. The number of phosphoric ester groups is 3. The van der Waals surface area contributed by atoms with Crippen LogP contribution in [0.1, 0.15) is 98.6 Å². The first kappa shape index (κ1) is 56.4. The molecule has 10 N–H and O–H groups in total. The molecule has 4 fully saturated rings. The normalized spacial score (nSPS) is 31.3. The molecule has 0 spiro atoms. The number of carbonyl (C=O) groups is 4. The number of hydrogen-bond donors (Lipinski definition) is 9. The van der Waals surface area contributed by atoms with Crippen molar-refractivity contribution in [2.45, 2.75) is 123 Å². The SMILES string of the molecule is CC(C(=O)SCCNC(=O)CCNC(=O)[C@H](O)C(C)(C)COP(=O)(O)OP(=O)(O)OC[C@H]1O[C@@H](n2cnc3c(N)ncnc32)[C@H](O)[C@@H]1OP(=O)(O)O)=C1CC[C@H]2[C@@H]3CCC4=CC(=O)CC[C@]4(C)[C@H]3CC[C@]12C. The van der Waals surface area contributed by atoms with Gasteiger partial charge in [-0.15, -0.1) is 0 Å². The molecule has 4 aliphatic carbocycles. The van der Waals surface area contributed by atoms with E-state index < -0.39 is 84.6 Å². The molecule has 2 aromatic rings. The molecule has 2 amide bonds. The summed E-state index contributed by atoms with van der Waals surface area (Å²) in [6.45, 7) is 7.08. The van der Waals surface area contributed by atoms with Crippen LogP contribution < -0.4 is 16.4 Å². The summed E-state index contributed by atoms with van der Waals surface area (Å²) in [6.07, 6.45) is 2.58. The summed E-state index contributed by atoms with van der Waals surface area (Å²) in [4.78, 5) is 103. The van der Waals surface area contributed by atoms with E-state index in [9.17, 15) is 62.7 Å². The zero-order valence-electron chi connectivity index (χ0n) is 40.4. The topological polar surface area (TPSA) is 381 Å². The Morgan fingerprint density at radius 1 is 0.972 bits per heavy atom. The molecule has 0 bridgehead atoms. The number of ether oxygens (including phenoxy) is 1. The third-order valence-electron chi connectivity index (χ3n) is 15.2. The molecule has 2 unspecified atom stereocenters. The van der Waals surface area contributed by atoms with Crippen molar-refractivity contribution >= 4 is 74.9 Å². The summed E-state index contributed by atoms with van der Waals surface area (Å²) in [5.74, 6) is 0.739. The number of aliphatic hydroxyl groups is 2. The molecule has 400 valence electrons. The van der Waals surface area contributed by atoms with Gasteiger partial charge in [0.25, 0.3) is 0 Å². The summed E-state index contributed by atoms with van der Waals surface area (Å²) in [6, 6.07) is 0. The van der Waals surface area contributed by atoms with Crippen LogP contribution in [0, 0.1) is 34.0 Å². The maximum Gasteiger partial charge on any atom is 0.481 e. The van der Waals surface area contributed by atoms with Crippen LogP contribution in [0.4, 0.5) is 5.82 Å². The Labute approximate surface area is 419 Å². The summed E-state index contributed by atoms with van der Waals surface area (Å²) in [7, 11) is -16.5. The van der Waals surface area contributed by atoms with Gasteiger partial charge in [-0.1, -0.05) is 50.6 Å². The van der Waals surface area contributed by atoms with Gasteiger partial charge in [-0.3, -0.25) is 37.3 Å². The lowest BCUT2D eigenvalue weighted by Gasteiger charge is -2.57. The van der Waals surface area contributed by atoms with Crippen LogP contribution in [0.15, 0.2) is 35.4 Å². The molecule has 1 saturated heterocycles. The van der Waals surface area contributed by atoms with Crippen LogP contribution in [0.3, 0.4) is 0 Å². The molecule has 2 aromatic heterocycles. The number of rotatable bonds is 20. The highest BCUT2D eigenvalue weighted by Gasteiger charge is 2.58. The van der Waals surface area contributed by atoms with Gasteiger partial charge in [-0.25, -0.2) is 28.6 Å². The zero-order chi connectivity index (χ0) is 52.8. The molecule has 1 aliphatic heterocycles. The number of anilines is 1. The van der Waals surface area contributed by atoms with Gasteiger partial charge in [0, 0.05) is 42.7 Å². The van der Waals surface area contributed by atoms with Crippen molar-refractivity contribution < 1.29 is 85.3 Å². The van der Waals surface area contributed by atoms with E-state index in [0.717, 1.165) is 79.5 Å². The Kier molecular flexibility index (Phi) is 17.0. The van der Waals surface area contributed by atoms with E-state index in [1.807, 2.05) is 13.0 Å². The van der Waals surface area contributed by atoms with Gasteiger partial charge in [-0.05, 0) is 86.5 Å². The standard InChI is InChI=1S/C43H64N7O18P3S/c1-23(27-8-9-28-26-7-6-24-18-25(51)10-13-42(24,4)29(26)11-14-43(27,28)5)40(56)72-17-16-45-31(52)12-15-46-38(55)35(54)41(2,3)20-65-71(62,63)68-70(60,61)64-19-30-34(67-69(57,58)59)33(53)39(66-30)50-22-49-32-36(44)47-21-48-37(32)50/h18,21-22,26,28-30,33-35,39,53-54H,6-17,19-20H2,1-5H3,(H,45,52)(H,46,55)(H,60,61)(H,62,63)(H2,44,47,48)(H2,57,58,59)/t26-,28-,29-,30+,33+,34+,35-,39+,42-,43+/m0/s1. The number of aromatic nitrogens is 4. The molecule has 12 atom stereocenters. The minimum Gasteiger partial charge on any atom is -0.386 e. The first-order valence-corrected chi connectivity index (χ1v) is 29.1. The number of imidazole rings is 1. The summed E-state index contributed by atoms with van der Waals surface area (Å²) in [5, 5.41) is 26.8. The fraction of sp³-hybridized carbons (Fsp3) is 0.698. The zero-order valence-corrected chi connectivity index (χ0v) is 43.9. The number of carbonyl (C=O) groups excluding carboxylic acids is 4. The van der Waals surface area contributed by atoms with Crippen molar-refractivity contribution in [3.63, 3.8) is 0 Å². The van der Waals surface area contributed by atoms with Crippen molar-refractivity contribution in [3.05, 3.63) is 35.4 Å². The molecule has 25 nitrogen and oxygen atoms in total. The molecule has 3 saturated carbocycles. The van der Waals surface area contributed by atoms with Crippen LogP contribution in [0.5, 0.6) is 0 Å². The second kappa shape index (κ2) is 21.7. The lowest BCUT2D eigenvalue weighted by Crippen LogP contribution is -2.49. The average molecular weight is 1090 g/mol. The van der Waals surface area contributed by atoms with E-state index in [0.29, 0.717) is 29.9 Å². The summed E-state index contributed by atoms with van der Waals surface area (Å²) in [5.41, 5.74) is 7.66. The van der Waals surface area contributed by atoms with Crippen molar-refractivity contribution in [1.82, 2.24) is 30.2 Å². The quantitative estimate of drug-likeness (QED) is 0.0520. The molecule has 7 rings (SSSR count). The third kappa shape index (κ3) is 12.4. The van der Waals surface area contributed by atoms with Crippen molar-refractivity contribution in [3.8, 4) is 0 Å². The van der Waals surface area contributed by atoms with Gasteiger partial charge >= 0.3 is 23.5 Å². The number of nitrogens with one attached hydrogen (secondary N) is 2. The van der Waals surface area contributed by atoms with Gasteiger partial charge < -0.3 is 50.9 Å². The maximum atomic E-state index is 13.5. The van der Waals surface area contributed by atoms with E-state index in [-0.39, 0.29) is 58.2 Å². The van der Waals surface area contributed by atoms with Crippen molar-refractivity contribution in [2.24, 2.45) is 34.0 Å². The number of allylic oxidation sites excluding steroid dienone is 2. The van der Waals surface area contributed by atoms with Gasteiger partial charge in [0.05, 0.1) is 19.5 Å². The number of nitrogens with two attached hydrogens (primary N) is 1. The largest absolute Gasteiger partial charge is 0.481 e. The fourth-order valence-corrected chi connectivity index (χ4v) is 15.1. The lowest BCUT2D eigenvalue weighted by atomic mass is 9.47. The van der Waals surface area contributed by atoms with Crippen LogP contribution in [-0.4, -0.2) is 128 Å². The van der Waals surface area contributed by atoms with Crippen LogP contribution >= 0.6 is 35.2 Å². The van der Waals surface area contributed by atoms with E-state index in [1.165, 1.54) is 25.0 Å². The van der Waals surface area contributed by atoms with Crippen LogP contribution in [-0.2, 0) is 55.5 Å². The number of thioether (sulfide) groups is 1. The molecule has 29 heteroatoms. The average Bonchev–Trinajstić information content (AvgIpc) is 3.98. The monoisotopic (exact) mass is 1090 g/mol. The second-order valence-corrected chi connectivity index (χ2v) is 25.6. The highest BCUT2D eigenvalue weighted by atomic mass is 32.2. The molecule has 0 aromatic carbocycles. The van der Waals surface area contributed by atoms with E-state index in [4.69, 9.17) is 19.5 Å². The predicted octanol–water partition coefficient (Wildman–Crippen LogP) is 3.51. The number of nitrogen functional groups attached to an aromatic ring is 1. The first-order valence-electron chi connectivity index (χ1n) is 23.6. The van der Waals surface area contributed by atoms with Crippen molar-refractivity contribution in [2.75, 3.05) is 37.8 Å². The number of phosphoric acid groups is 3. The van der Waals surface area contributed by atoms with E-state index in [2.05, 4.69) is 48.3 Å². The first-order chi connectivity index (χ1) is 33.6. The van der Waals surface area contributed by atoms with Gasteiger partial charge in [0.2, 0.25) is 16.9 Å². The number of fused-ring (bicyclic) bond motifs is 6. The van der Waals surface area contributed by atoms with Crippen LogP contribution in [0.2, 0.25) is 0 Å². The smallest absolute Gasteiger partial charge is 0.386 e. The van der Waals surface area contributed by atoms with Gasteiger partial charge in [0.1, 0.15) is 36.3 Å². The van der Waals surface area contributed by atoms with Gasteiger partial charge in [-0.2, -0.15) is 4.31 Å². The highest BCUT2D eigenvalue weighted by Crippen LogP contribution is 2.67. The molecule has 5 aliphatic rings. The van der Waals surface area contributed by atoms with Crippen LogP contribution in [0.25, 0.3) is 11.2 Å². The third-order valence-corrected chi connectivity index (χ3v) is 19.3. The number of amides is 2. The highest BCUT2D eigenvalue weighted by molar-refractivity contribution is 8.14. The number of aliphatic hydroxyl groups excluding tert-OH is 2. The van der Waals surface area contributed by atoms with E-state index in [1.54, 1.807) is 0 Å². The molecule has 0 radical (unpaired) electrons. The molecule has 72 heavy (non-hydrogen) atoms. The second-order valence-electron chi connectivity index (χ2n) is 20.3. The maximum absolute atomic E-state index is 13.5. The number of ketones is 1. The molecular formula is C43H64N7O18P3S. The lowest BCUT2D eigenvalue weighted by molar-refractivity contribution is -0.137. The Bertz CT molecular complexity index is 2650. The Morgan fingerprint density at radius 2 is 1.68 bits per heavy atom. The Morgan fingerprint density at radius 3 is 2.40 bits per heavy atom. The predicted molar refractivity (Wildman–Crippen MR) is 257 cm³/mol. The van der Waals surface area contributed by atoms with Gasteiger partial charge in [0.15, 0.2) is 23.5 Å². The van der Waals surface area contributed by atoms with E-state index >= 15 is 0 Å². The Hall–Kier alpha value is -3.29. The number of nitrogens with zero attached hydrogens (tertiary/aromatic N) is 4. The minimum atomic E-state index is -5.59. The molecular weight excluding hydrogens is 1030 g/mol.